The number of hydrogen-bond donors (Lipinski definition) is 1. The zero-order valence-corrected chi connectivity index (χ0v) is 15.1. The minimum Gasteiger partial charge on any atom is -0.421 e. The first kappa shape index (κ1) is 19.4. The summed E-state index contributed by atoms with van der Waals surface area (Å²) in [6.07, 6.45) is -2.70. The molecule has 2 atom stereocenters. The van der Waals surface area contributed by atoms with Crippen molar-refractivity contribution in [3.8, 4) is 11.5 Å². The molecule has 0 spiro atoms. The highest BCUT2D eigenvalue weighted by Gasteiger charge is 2.42. The van der Waals surface area contributed by atoms with Gasteiger partial charge < -0.3 is 9.73 Å². The molecule has 3 rings (SSSR count). The Labute approximate surface area is 155 Å². The number of hydrogen-bond acceptors (Lipinski definition) is 4. The van der Waals surface area contributed by atoms with Gasteiger partial charge in [-0.1, -0.05) is 24.1 Å². The topological polar surface area (TPSA) is 68.0 Å². The predicted molar refractivity (Wildman–Crippen MR) is 92.7 cm³/mol. The van der Waals surface area contributed by atoms with Crippen LogP contribution in [-0.2, 0) is 11.2 Å². The highest BCUT2D eigenvalue weighted by Crippen LogP contribution is 2.37. The second-order valence-corrected chi connectivity index (χ2v) is 7.04. The van der Waals surface area contributed by atoms with Gasteiger partial charge in [-0.05, 0) is 38.3 Å². The molecule has 146 valence electrons. The Morgan fingerprint density at radius 1 is 1.22 bits per heavy atom. The highest BCUT2D eigenvalue weighted by atomic mass is 19.4. The van der Waals surface area contributed by atoms with E-state index in [-0.39, 0.29) is 31.6 Å². The van der Waals surface area contributed by atoms with Crippen LogP contribution in [0.3, 0.4) is 0 Å². The first-order chi connectivity index (χ1) is 12.8. The fourth-order valence-electron chi connectivity index (χ4n) is 3.31. The fourth-order valence-corrected chi connectivity index (χ4v) is 3.31. The van der Waals surface area contributed by atoms with E-state index in [2.05, 4.69) is 15.5 Å². The van der Waals surface area contributed by atoms with Crippen LogP contribution in [0.25, 0.3) is 11.5 Å². The maximum Gasteiger partial charge on any atom is 0.391 e. The van der Waals surface area contributed by atoms with Crippen LogP contribution < -0.4 is 5.32 Å². The average molecular weight is 381 g/mol. The van der Waals surface area contributed by atoms with Crippen LogP contribution >= 0.6 is 0 Å². The normalized spacial score (nSPS) is 20.4. The SMILES string of the molecule is Cc1ccc(-c2nnc(CCC(=O)N[C@H]3CCC[C@H](C(F)(F)F)C3)o2)cc1. The molecule has 1 aliphatic carbocycles. The van der Waals surface area contributed by atoms with E-state index in [1.165, 1.54) is 0 Å². The van der Waals surface area contributed by atoms with Crippen molar-refractivity contribution >= 4 is 5.91 Å². The summed E-state index contributed by atoms with van der Waals surface area (Å²) in [5.74, 6) is -0.911. The monoisotopic (exact) mass is 381 g/mol. The minimum absolute atomic E-state index is 0.0482. The summed E-state index contributed by atoms with van der Waals surface area (Å²) in [6, 6.07) is 7.19. The Kier molecular flexibility index (Phi) is 5.82. The lowest BCUT2D eigenvalue weighted by molar-refractivity contribution is -0.184. The molecule has 8 heteroatoms. The minimum atomic E-state index is -4.19. The van der Waals surface area contributed by atoms with Crippen molar-refractivity contribution in [2.24, 2.45) is 5.92 Å². The Bertz CT molecular complexity index is 771. The van der Waals surface area contributed by atoms with E-state index < -0.39 is 18.1 Å². The van der Waals surface area contributed by atoms with Crippen molar-refractivity contribution < 1.29 is 22.4 Å². The number of halogens is 3. The first-order valence-corrected chi connectivity index (χ1v) is 9.07. The summed E-state index contributed by atoms with van der Waals surface area (Å²) >= 11 is 0. The number of aryl methyl sites for hydroxylation is 2. The van der Waals surface area contributed by atoms with Gasteiger partial charge in [-0.25, -0.2) is 0 Å². The van der Waals surface area contributed by atoms with Gasteiger partial charge in [-0.15, -0.1) is 10.2 Å². The molecule has 27 heavy (non-hydrogen) atoms. The van der Waals surface area contributed by atoms with Crippen LogP contribution in [0.2, 0.25) is 0 Å². The number of nitrogens with zero attached hydrogens (tertiary/aromatic N) is 2. The molecule has 0 aliphatic heterocycles. The summed E-state index contributed by atoms with van der Waals surface area (Å²) in [7, 11) is 0. The summed E-state index contributed by atoms with van der Waals surface area (Å²) in [5.41, 5.74) is 1.91. The molecule has 5 nitrogen and oxygen atoms in total. The maximum absolute atomic E-state index is 12.8. The summed E-state index contributed by atoms with van der Waals surface area (Å²) in [6.45, 7) is 1.98. The molecular weight excluding hydrogens is 359 g/mol. The standard InChI is InChI=1S/C19H22F3N3O2/c1-12-5-7-13(8-6-12)18-25-24-17(27-18)10-9-16(26)23-15-4-2-3-14(11-15)19(20,21)22/h5-8,14-15H,2-4,9-11H2,1H3,(H,23,26)/t14-,15-/m0/s1. The summed E-state index contributed by atoms with van der Waals surface area (Å²) in [5, 5.41) is 10.6. The number of rotatable bonds is 5. The first-order valence-electron chi connectivity index (χ1n) is 9.07. The fraction of sp³-hybridized carbons (Fsp3) is 0.526. The van der Waals surface area contributed by atoms with E-state index in [4.69, 9.17) is 4.42 Å². The Morgan fingerprint density at radius 3 is 2.67 bits per heavy atom. The van der Waals surface area contributed by atoms with Crippen molar-refractivity contribution in [2.45, 2.75) is 57.7 Å². The molecule has 1 aromatic heterocycles. The van der Waals surface area contributed by atoms with Gasteiger partial charge in [0.05, 0.1) is 5.92 Å². The lowest BCUT2D eigenvalue weighted by atomic mass is 9.85. The quantitative estimate of drug-likeness (QED) is 0.842. The Morgan fingerprint density at radius 2 is 1.96 bits per heavy atom. The van der Waals surface area contributed by atoms with Crippen molar-refractivity contribution in [2.75, 3.05) is 0 Å². The van der Waals surface area contributed by atoms with Gasteiger partial charge >= 0.3 is 6.18 Å². The van der Waals surface area contributed by atoms with Crippen molar-refractivity contribution in [3.63, 3.8) is 0 Å². The van der Waals surface area contributed by atoms with Crippen molar-refractivity contribution in [1.82, 2.24) is 15.5 Å². The molecule has 1 aliphatic rings. The van der Waals surface area contributed by atoms with Crippen LogP contribution in [0.5, 0.6) is 0 Å². The molecule has 0 bridgehead atoms. The van der Waals surface area contributed by atoms with Gasteiger partial charge in [0.15, 0.2) is 0 Å². The van der Waals surface area contributed by atoms with E-state index in [1.807, 2.05) is 31.2 Å². The van der Waals surface area contributed by atoms with E-state index in [0.717, 1.165) is 11.1 Å². The number of aromatic nitrogens is 2. The van der Waals surface area contributed by atoms with Crippen LogP contribution in [0, 0.1) is 12.8 Å². The molecule has 0 radical (unpaired) electrons. The van der Waals surface area contributed by atoms with Gasteiger partial charge in [0.2, 0.25) is 17.7 Å². The van der Waals surface area contributed by atoms with Crippen LogP contribution in [-0.4, -0.2) is 28.3 Å². The van der Waals surface area contributed by atoms with Gasteiger partial charge in [0.1, 0.15) is 0 Å². The Hall–Kier alpha value is -2.38. The predicted octanol–water partition coefficient (Wildman–Crippen LogP) is 4.21. The Balaban J connectivity index is 1.49. The molecule has 2 aromatic rings. The molecule has 1 fully saturated rings. The molecule has 0 saturated heterocycles. The number of carbonyl (C=O) groups is 1. The van der Waals surface area contributed by atoms with Gasteiger partial charge in [-0.3, -0.25) is 4.79 Å². The molecule has 1 N–H and O–H groups in total. The highest BCUT2D eigenvalue weighted by molar-refractivity contribution is 5.76. The van der Waals surface area contributed by atoms with Crippen LogP contribution in [0.4, 0.5) is 13.2 Å². The molecule has 1 saturated carbocycles. The molecule has 1 heterocycles. The number of benzene rings is 1. The summed E-state index contributed by atoms with van der Waals surface area (Å²) in [4.78, 5) is 12.1. The third-order valence-corrected chi connectivity index (χ3v) is 4.83. The number of amides is 1. The van der Waals surface area contributed by atoms with Crippen molar-refractivity contribution in [1.29, 1.82) is 0 Å². The third-order valence-electron chi connectivity index (χ3n) is 4.83. The zero-order valence-electron chi connectivity index (χ0n) is 15.1. The van der Waals surface area contributed by atoms with Crippen LogP contribution in [0.15, 0.2) is 28.7 Å². The second kappa shape index (κ2) is 8.10. The number of carbonyl (C=O) groups excluding carboxylic acids is 1. The third kappa shape index (κ3) is 5.30. The molecular formula is C19H22F3N3O2. The van der Waals surface area contributed by atoms with E-state index in [0.29, 0.717) is 24.6 Å². The van der Waals surface area contributed by atoms with Gasteiger partial charge in [0, 0.05) is 24.4 Å². The summed E-state index contributed by atoms with van der Waals surface area (Å²) < 4.78 is 44.1. The van der Waals surface area contributed by atoms with Crippen LogP contribution in [0.1, 0.15) is 43.6 Å². The van der Waals surface area contributed by atoms with E-state index in [1.54, 1.807) is 0 Å². The molecule has 0 unspecified atom stereocenters. The molecule has 1 aromatic carbocycles. The van der Waals surface area contributed by atoms with E-state index in [9.17, 15) is 18.0 Å². The van der Waals surface area contributed by atoms with Crippen molar-refractivity contribution in [3.05, 3.63) is 35.7 Å². The lowest BCUT2D eigenvalue weighted by Crippen LogP contribution is -2.41. The average Bonchev–Trinajstić information content (AvgIpc) is 3.09. The number of alkyl halides is 3. The van der Waals surface area contributed by atoms with Gasteiger partial charge in [-0.2, -0.15) is 13.2 Å². The maximum atomic E-state index is 12.8. The van der Waals surface area contributed by atoms with Gasteiger partial charge in [0.25, 0.3) is 0 Å². The largest absolute Gasteiger partial charge is 0.421 e. The zero-order chi connectivity index (χ0) is 19.4. The lowest BCUT2D eigenvalue weighted by Gasteiger charge is -2.31. The molecule has 1 amide bonds. The second-order valence-electron chi connectivity index (χ2n) is 7.04. The smallest absolute Gasteiger partial charge is 0.391 e. The number of nitrogens with one attached hydrogen (secondary N) is 1. The van der Waals surface area contributed by atoms with E-state index >= 15 is 0 Å².